The summed E-state index contributed by atoms with van der Waals surface area (Å²) in [5.41, 5.74) is 2.04. The second-order valence-corrected chi connectivity index (χ2v) is 4.10. The molecule has 0 aliphatic carbocycles. The molecule has 5 nitrogen and oxygen atoms in total. The minimum absolute atomic E-state index is 0.813. The first kappa shape index (κ1) is 11.0. The van der Waals surface area contributed by atoms with Crippen molar-refractivity contribution in [3.05, 3.63) is 54.4 Å². The second kappa shape index (κ2) is 5.01. The van der Waals surface area contributed by atoms with Crippen molar-refractivity contribution in [1.29, 1.82) is 0 Å². The van der Waals surface area contributed by atoms with Crippen molar-refractivity contribution < 1.29 is 4.42 Å². The molecule has 3 aromatic rings. The van der Waals surface area contributed by atoms with Crippen LogP contribution in [0.25, 0.3) is 5.65 Å². The SMILES string of the molecule is c1ccn2c(CCNCc3ccoc3)nnc2c1. The number of hydrogen-bond acceptors (Lipinski definition) is 4. The summed E-state index contributed by atoms with van der Waals surface area (Å²) in [6.07, 6.45) is 6.27. The summed E-state index contributed by atoms with van der Waals surface area (Å²) in [4.78, 5) is 0. The molecule has 3 heterocycles. The number of pyridine rings is 1. The van der Waals surface area contributed by atoms with Crippen molar-refractivity contribution in [2.24, 2.45) is 0 Å². The van der Waals surface area contributed by atoms with Gasteiger partial charge < -0.3 is 9.73 Å². The number of fused-ring (bicyclic) bond motifs is 1. The lowest BCUT2D eigenvalue weighted by molar-refractivity contribution is 0.560. The van der Waals surface area contributed by atoms with Gasteiger partial charge in [0.05, 0.1) is 12.5 Å². The molecule has 0 saturated heterocycles. The molecule has 0 unspecified atom stereocenters. The molecule has 5 heteroatoms. The van der Waals surface area contributed by atoms with Crippen LogP contribution in [0.3, 0.4) is 0 Å². The molecule has 0 amide bonds. The average Bonchev–Trinajstić information content (AvgIpc) is 3.04. The summed E-state index contributed by atoms with van der Waals surface area (Å²) in [5.74, 6) is 0.977. The third kappa shape index (κ3) is 2.26. The van der Waals surface area contributed by atoms with Gasteiger partial charge in [-0.05, 0) is 18.2 Å². The van der Waals surface area contributed by atoms with Crippen LogP contribution < -0.4 is 5.32 Å². The van der Waals surface area contributed by atoms with Crippen molar-refractivity contribution in [3.63, 3.8) is 0 Å². The van der Waals surface area contributed by atoms with Crippen LogP contribution in [0.5, 0.6) is 0 Å². The summed E-state index contributed by atoms with van der Waals surface area (Å²) in [7, 11) is 0. The Hall–Kier alpha value is -2.14. The van der Waals surface area contributed by atoms with E-state index >= 15 is 0 Å². The molecule has 0 fully saturated rings. The highest BCUT2D eigenvalue weighted by atomic mass is 16.3. The molecule has 0 radical (unpaired) electrons. The third-order valence-corrected chi connectivity index (χ3v) is 2.82. The molecule has 3 aromatic heterocycles. The van der Waals surface area contributed by atoms with Crippen molar-refractivity contribution in [2.45, 2.75) is 13.0 Å². The van der Waals surface area contributed by atoms with E-state index < -0.39 is 0 Å². The Morgan fingerprint density at radius 1 is 1.22 bits per heavy atom. The number of aromatic nitrogens is 3. The normalized spacial score (nSPS) is 11.1. The predicted molar refractivity (Wildman–Crippen MR) is 67.1 cm³/mol. The molecule has 0 aromatic carbocycles. The molecular formula is C13H14N4O. The Bertz CT molecular complexity index is 615. The number of rotatable bonds is 5. The van der Waals surface area contributed by atoms with Gasteiger partial charge in [-0.2, -0.15) is 0 Å². The first-order chi connectivity index (χ1) is 8.93. The van der Waals surface area contributed by atoms with Crippen LogP contribution in [0.15, 0.2) is 47.4 Å². The fraction of sp³-hybridized carbons (Fsp3) is 0.231. The van der Waals surface area contributed by atoms with Crippen LogP contribution in [0, 0.1) is 0 Å². The Balaban J connectivity index is 1.57. The lowest BCUT2D eigenvalue weighted by Gasteiger charge is -2.02. The second-order valence-electron chi connectivity index (χ2n) is 4.10. The van der Waals surface area contributed by atoms with Crippen molar-refractivity contribution in [2.75, 3.05) is 6.54 Å². The topological polar surface area (TPSA) is 55.4 Å². The summed E-state index contributed by atoms with van der Waals surface area (Å²) in [6.45, 7) is 1.67. The minimum Gasteiger partial charge on any atom is -0.472 e. The zero-order chi connectivity index (χ0) is 12.2. The fourth-order valence-corrected chi connectivity index (χ4v) is 1.89. The van der Waals surface area contributed by atoms with Gasteiger partial charge in [0.15, 0.2) is 5.65 Å². The van der Waals surface area contributed by atoms with E-state index in [0.29, 0.717) is 0 Å². The molecule has 0 aliphatic rings. The van der Waals surface area contributed by atoms with E-state index in [2.05, 4.69) is 15.5 Å². The Morgan fingerprint density at radius 2 is 2.22 bits per heavy atom. The average molecular weight is 242 g/mol. The number of furan rings is 1. The molecular weight excluding hydrogens is 228 g/mol. The van der Waals surface area contributed by atoms with Gasteiger partial charge >= 0.3 is 0 Å². The molecule has 92 valence electrons. The lowest BCUT2D eigenvalue weighted by Crippen LogP contribution is -2.17. The summed E-state index contributed by atoms with van der Waals surface area (Å²) < 4.78 is 7.02. The first-order valence-electron chi connectivity index (χ1n) is 5.94. The van der Waals surface area contributed by atoms with Gasteiger partial charge in [-0.1, -0.05) is 6.07 Å². The van der Waals surface area contributed by atoms with Crippen LogP contribution in [0.2, 0.25) is 0 Å². The quantitative estimate of drug-likeness (QED) is 0.691. The summed E-state index contributed by atoms with van der Waals surface area (Å²) in [5, 5.41) is 11.7. The van der Waals surface area contributed by atoms with Gasteiger partial charge in [-0.3, -0.25) is 4.40 Å². The molecule has 0 saturated carbocycles. The Labute approximate surface area is 104 Å². The molecule has 3 rings (SSSR count). The highest BCUT2D eigenvalue weighted by molar-refractivity contribution is 5.36. The molecule has 0 aliphatic heterocycles. The van der Waals surface area contributed by atoms with E-state index in [1.807, 2.05) is 34.9 Å². The standard InChI is InChI=1S/C13H14N4O/c1-2-7-17-12(3-1)15-16-13(17)4-6-14-9-11-5-8-18-10-11/h1-3,5,7-8,10,14H,4,6,9H2. The maximum absolute atomic E-state index is 5.01. The fourth-order valence-electron chi connectivity index (χ4n) is 1.89. The van der Waals surface area contributed by atoms with Gasteiger partial charge in [-0.25, -0.2) is 0 Å². The van der Waals surface area contributed by atoms with Crippen LogP contribution in [0.4, 0.5) is 0 Å². The van der Waals surface area contributed by atoms with Gasteiger partial charge in [0.1, 0.15) is 5.82 Å². The number of nitrogens with one attached hydrogen (secondary N) is 1. The van der Waals surface area contributed by atoms with Crippen LogP contribution in [0.1, 0.15) is 11.4 Å². The summed E-state index contributed by atoms with van der Waals surface area (Å²) in [6, 6.07) is 7.86. The van der Waals surface area contributed by atoms with E-state index in [1.165, 1.54) is 0 Å². The van der Waals surface area contributed by atoms with Crippen molar-refractivity contribution >= 4 is 5.65 Å². The third-order valence-electron chi connectivity index (χ3n) is 2.82. The zero-order valence-electron chi connectivity index (χ0n) is 9.91. The maximum Gasteiger partial charge on any atom is 0.160 e. The smallest absolute Gasteiger partial charge is 0.160 e. The van der Waals surface area contributed by atoms with Gasteiger partial charge in [-0.15, -0.1) is 10.2 Å². The van der Waals surface area contributed by atoms with Crippen LogP contribution >= 0.6 is 0 Å². The lowest BCUT2D eigenvalue weighted by atomic mass is 10.3. The van der Waals surface area contributed by atoms with Gasteiger partial charge in [0, 0.05) is 31.3 Å². The molecule has 0 spiro atoms. The molecule has 0 bridgehead atoms. The zero-order valence-corrected chi connectivity index (χ0v) is 9.91. The molecule has 0 atom stereocenters. The number of nitrogens with zero attached hydrogens (tertiary/aromatic N) is 3. The van der Waals surface area contributed by atoms with E-state index in [4.69, 9.17) is 4.42 Å². The molecule has 1 N–H and O–H groups in total. The molecule has 18 heavy (non-hydrogen) atoms. The minimum atomic E-state index is 0.813. The van der Waals surface area contributed by atoms with Crippen molar-refractivity contribution in [1.82, 2.24) is 19.9 Å². The Kier molecular flexibility index (Phi) is 3.06. The van der Waals surface area contributed by atoms with Gasteiger partial charge in [0.2, 0.25) is 0 Å². The summed E-state index contributed by atoms with van der Waals surface area (Å²) >= 11 is 0. The Morgan fingerprint density at radius 3 is 3.11 bits per heavy atom. The van der Waals surface area contributed by atoms with E-state index in [1.54, 1.807) is 12.5 Å². The first-order valence-corrected chi connectivity index (χ1v) is 5.94. The van der Waals surface area contributed by atoms with Crippen LogP contribution in [-0.2, 0) is 13.0 Å². The maximum atomic E-state index is 5.01. The predicted octanol–water partition coefficient (Wildman–Crippen LogP) is 1.65. The van der Waals surface area contributed by atoms with Crippen molar-refractivity contribution in [3.8, 4) is 0 Å². The number of hydrogen-bond donors (Lipinski definition) is 1. The van der Waals surface area contributed by atoms with E-state index in [9.17, 15) is 0 Å². The van der Waals surface area contributed by atoms with Crippen LogP contribution in [-0.4, -0.2) is 21.1 Å². The van der Waals surface area contributed by atoms with E-state index in [0.717, 1.165) is 36.5 Å². The largest absolute Gasteiger partial charge is 0.472 e. The highest BCUT2D eigenvalue weighted by Crippen LogP contribution is 2.03. The highest BCUT2D eigenvalue weighted by Gasteiger charge is 2.03. The van der Waals surface area contributed by atoms with E-state index in [-0.39, 0.29) is 0 Å². The monoisotopic (exact) mass is 242 g/mol. The van der Waals surface area contributed by atoms with Gasteiger partial charge in [0.25, 0.3) is 0 Å².